The molecule has 0 unspecified atom stereocenters. The topological polar surface area (TPSA) is 81.7 Å². The van der Waals surface area contributed by atoms with Gasteiger partial charge in [0.2, 0.25) is 0 Å². The number of fused-ring (bicyclic) bond motifs is 2. The van der Waals surface area contributed by atoms with Gasteiger partial charge in [-0.3, -0.25) is 4.79 Å². The molecule has 0 atom stereocenters. The Morgan fingerprint density at radius 2 is 1.84 bits per heavy atom. The van der Waals surface area contributed by atoms with Gasteiger partial charge in [-0.15, -0.1) is 11.3 Å². The number of sulfonamides is 1. The first-order valence-electron chi connectivity index (χ1n) is 8.10. The van der Waals surface area contributed by atoms with E-state index in [9.17, 15) is 13.2 Å². The second-order valence-corrected chi connectivity index (χ2v) is 8.64. The summed E-state index contributed by atoms with van der Waals surface area (Å²) in [6.45, 7) is 0.795. The largest absolute Gasteiger partial charge is 0.486 e. The van der Waals surface area contributed by atoms with E-state index in [4.69, 9.17) is 9.47 Å². The number of thiophene rings is 1. The monoisotopic (exact) mass is 379 g/mol. The van der Waals surface area contributed by atoms with Gasteiger partial charge in [-0.05, 0) is 43.4 Å². The molecule has 0 bridgehead atoms. The van der Waals surface area contributed by atoms with Gasteiger partial charge in [0.05, 0.1) is 10.5 Å². The molecule has 2 aromatic rings. The molecule has 2 heterocycles. The van der Waals surface area contributed by atoms with Crippen molar-refractivity contribution >= 4 is 27.3 Å². The van der Waals surface area contributed by atoms with Crippen LogP contribution >= 0.6 is 11.3 Å². The molecule has 1 amide bonds. The molecule has 2 aliphatic rings. The minimum atomic E-state index is -3.98. The van der Waals surface area contributed by atoms with Crippen molar-refractivity contribution < 1.29 is 22.7 Å². The fourth-order valence-electron chi connectivity index (χ4n) is 3.11. The molecular weight excluding hydrogens is 362 g/mol. The molecule has 1 aliphatic carbocycles. The molecule has 1 N–H and O–H groups in total. The molecule has 0 spiro atoms. The van der Waals surface area contributed by atoms with Crippen molar-refractivity contribution in [2.45, 2.75) is 30.6 Å². The molecule has 0 fully saturated rings. The molecule has 0 saturated heterocycles. The van der Waals surface area contributed by atoms with E-state index in [2.05, 4.69) is 4.72 Å². The zero-order valence-corrected chi connectivity index (χ0v) is 15.0. The number of aryl methyl sites for hydroxylation is 1. The lowest BCUT2D eigenvalue weighted by molar-refractivity contribution is 0.0980. The van der Waals surface area contributed by atoms with Crippen molar-refractivity contribution in [3.63, 3.8) is 0 Å². The number of rotatable bonds is 3. The lowest BCUT2D eigenvalue weighted by atomic mass is 9.96. The van der Waals surface area contributed by atoms with Crippen molar-refractivity contribution in [3.8, 4) is 11.5 Å². The highest BCUT2D eigenvalue weighted by Gasteiger charge is 2.25. The maximum Gasteiger partial charge on any atom is 0.266 e. The highest BCUT2D eigenvalue weighted by molar-refractivity contribution is 7.90. The van der Waals surface area contributed by atoms with Gasteiger partial charge in [0.25, 0.3) is 15.9 Å². The molecular formula is C17H17NO5S2. The Labute approximate surface area is 149 Å². The van der Waals surface area contributed by atoms with Gasteiger partial charge in [0.15, 0.2) is 11.5 Å². The molecule has 0 radical (unpaired) electrons. The van der Waals surface area contributed by atoms with Crippen LogP contribution in [0.4, 0.5) is 0 Å². The average Bonchev–Trinajstić information content (AvgIpc) is 3.05. The molecule has 0 saturated carbocycles. The molecule has 1 aromatic carbocycles. The van der Waals surface area contributed by atoms with E-state index < -0.39 is 15.9 Å². The van der Waals surface area contributed by atoms with Crippen molar-refractivity contribution in [3.05, 3.63) is 39.6 Å². The Kier molecular flexibility index (Phi) is 4.16. The fourth-order valence-corrected chi connectivity index (χ4v) is 5.22. The molecule has 1 aromatic heterocycles. The third-order valence-electron chi connectivity index (χ3n) is 4.36. The zero-order chi connectivity index (χ0) is 17.4. The number of carbonyl (C=O) groups is 1. The number of hydrogen-bond acceptors (Lipinski definition) is 6. The number of hydrogen-bond donors (Lipinski definition) is 1. The van der Waals surface area contributed by atoms with Gasteiger partial charge in [-0.25, -0.2) is 13.1 Å². The highest BCUT2D eigenvalue weighted by atomic mass is 32.2. The number of nitrogens with one attached hydrogen (secondary N) is 1. The second-order valence-electron chi connectivity index (χ2n) is 6.00. The minimum absolute atomic E-state index is 0.0193. The predicted molar refractivity (Wildman–Crippen MR) is 93.0 cm³/mol. The summed E-state index contributed by atoms with van der Waals surface area (Å²) >= 11 is 1.53. The fraction of sp³-hybridized carbons (Fsp3) is 0.353. The standard InChI is InChI=1S/C17H17NO5S2/c19-17(13-10-24-16-4-2-1-3-12(13)16)18-25(20,21)11-5-6-14-15(9-11)23-8-7-22-14/h5-6,9-10H,1-4,7-8H2,(H,18,19). The summed E-state index contributed by atoms with van der Waals surface area (Å²) in [7, 11) is -3.98. The van der Waals surface area contributed by atoms with Crippen molar-refractivity contribution in [1.29, 1.82) is 0 Å². The van der Waals surface area contributed by atoms with Crippen molar-refractivity contribution in [2.24, 2.45) is 0 Å². The van der Waals surface area contributed by atoms with Crippen LogP contribution in [0.2, 0.25) is 0 Å². The Balaban J connectivity index is 1.59. The lowest BCUT2D eigenvalue weighted by Crippen LogP contribution is -2.31. The minimum Gasteiger partial charge on any atom is -0.486 e. The van der Waals surface area contributed by atoms with E-state index in [1.807, 2.05) is 0 Å². The summed E-state index contributed by atoms with van der Waals surface area (Å²) in [4.78, 5) is 13.7. The van der Waals surface area contributed by atoms with Gasteiger partial charge >= 0.3 is 0 Å². The van der Waals surface area contributed by atoms with Crippen LogP contribution in [0.15, 0.2) is 28.5 Å². The molecule has 132 valence electrons. The van der Waals surface area contributed by atoms with Gasteiger partial charge in [-0.1, -0.05) is 0 Å². The number of amides is 1. The first-order chi connectivity index (χ1) is 12.0. The molecule has 25 heavy (non-hydrogen) atoms. The van der Waals surface area contributed by atoms with Gasteiger partial charge in [-0.2, -0.15) is 0 Å². The quantitative estimate of drug-likeness (QED) is 0.886. The van der Waals surface area contributed by atoms with E-state index in [0.29, 0.717) is 30.3 Å². The highest BCUT2D eigenvalue weighted by Crippen LogP contribution is 2.33. The maximum absolute atomic E-state index is 12.6. The zero-order valence-electron chi connectivity index (χ0n) is 13.4. The second kappa shape index (κ2) is 6.34. The number of carbonyl (C=O) groups excluding carboxylic acids is 1. The number of ether oxygens (including phenoxy) is 2. The summed E-state index contributed by atoms with van der Waals surface area (Å²) in [6, 6.07) is 4.33. The predicted octanol–water partition coefficient (Wildman–Crippen LogP) is 2.52. The van der Waals surface area contributed by atoms with E-state index in [0.717, 1.165) is 31.2 Å². The van der Waals surface area contributed by atoms with Gasteiger partial charge in [0, 0.05) is 16.3 Å². The third kappa shape index (κ3) is 3.11. The Morgan fingerprint density at radius 3 is 2.68 bits per heavy atom. The van der Waals surface area contributed by atoms with E-state index in [1.165, 1.54) is 28.3 Å². The van der Waals surface area contributed by atoms with Crippen molar-refractivity contribution in [2.75, 3.05) is 13.2 Å². The van der Waals surface area contributed by atoms with Crippen LogP contribution in [0.25, 0.3) is 0 Å². The van der Waals surface area contributed by atoms with Crippen LogP contribution in [0.3, 0.4) is 0 Å². The van der Waals surface area contributed by atoms with Crippen LogP contribution in [-0.4, -0.2) is 27.5 Å². The normalized spacial score (nSPS) is 16.2. The van der Waals surface area contributed by atoms with Crippen LogP contribution in [0, 0.1) is 0 Å². The van der Waals surface area contributed by atoms with E-state index >= 15 is 0 Å². The van der Waals surface area contributed by atoms with Crippen LogP contribution < -0.4 is 14.2 Å². The number of benzene rings is 1. The maximum atomic E-state index is 12.6. The summed E-state index contributed by atoms with van der Waals surface area (Å²) < 4.78 is 38.1. The summed E-state index contributed by atoms with van der Waals surface area (Å²) in [5.74, 6) is 0.298. The summed E-state index contributed by atoms with van der Waals surface area (Å²) in [5, 5.41) is 1.75. The summed E-state index contributed by atoms with van der Waals surface area (Å²) in [5.41, 5.74) is 1.46. The Morgan fingerprint density at radius 1 is 1.08 bits per heavy atom. The van der Waals surface area contributed by atoms with Crippen LogP contribution in [0.5, 0.6) is 11.5 Å². The smallest absolute Gasteiger partial charge is 0.266 e. The first-order valence-corrected chi connectivity index (χ1v) is 10.5. The van der Waals surface area contributed by atoms with Crippen LogP contribution in [-0.2, 0) is 22.9 Å². The van der Waals surface area contributed by atoms with E-state index in [-0.39, 0.29) is 4.90 Å². The third-order valence-corrected chi connectivity index (χ3v) is 6.77. The van der Waals surface area contributed by atoms with E-state index in [1.54, 1.807) is 11.4 Å². The van der Waals surface area contributed by atoms with Crippen LogP contribution in [0.1, 0.15) is 33.6 Å². The molecule has 6 nitrogen and oxygen atoms in total. The average molecular weight is 379 g/mol. The SMILES string of the molecule is O=C(NS(=O)(=O)c1ccc2c(c1)OCCO2)c1csc2c1CCCC2. The Bertz CT molecular complexity index is 933. The lowest BCUT2D eigenvalue weighted by Gasteiger charge is -2.19. The molecule has 8 heteroatoms. The molecule has 1 aliphatic heterocycles. The Hall–Kier alpha value is -2.06. The van der Waals surface area contributed by atoms with Gasteiger partial charge in [0.1, 0.15) is 13.2 Å². The molecule has 4 rings (SSSR count). The van der Waals surface area contributed by atoms with Crippen molar-refractivity contribution in [1.82, 2.24) is 4.72 Å². The van der Waals surface area contributed by atoms with Gasteiger partial charge < -0.3 is 9.47 Å². The summed E-state index contributed by atoms with van der Waals surface area (Å²) in [6.07, 6.45) is 3.93. The first kappa shape index (κ1) is 16.4.